The summed E-state index contributed by atoms with van der Waals surface area (Å²) in [4.78, 5) is 13.8. The zero-order valence-corrected chi connectivity index (χ0v) is 15.2. The van der Waals surface area contributed by atoms with E-state index in [1.807, 2.05) is 6.07 Å². The fraction of sp³-hybridized carbons (Fsp3) is 0.316. The van der Waals surface area contributed by atoms with Crippen molar-refractivity contribution < 1.29 is 13.2 Å². The van der Waals surface area contributed by atoms with Crippen LogP contribution in [0.3, 0.4) is 0 Å². The average molecular weight is 371 g/mol. The molecule has 2 aromatic carbocycles. The van der Waals surface area contributed by atoms with Crippen LogP contribution in [0.1, 0.15) is 24.0 Å². The molecule has 1 aliphatic carbocycles. The van der Waals surface area contributed by atoms with Gasteiger partial charge in [-0.15, -0.1) is 0 Å². The molecule has 0 saturated carbocycles. The number of urea groups is 1. The van der Waals surface area contributed by atoms with Gasteiger partial charge in [-0.2, -0.15) is 0 Å². The SMILES string of the molecule is O=C1NCCCN1c1ccc(NS(=O)(=O)c2ccc3c(c2)CCC3)cc1. The highest BCUT2D eigenvalue weighted by molar-refractivity contribution is 7.92. The minimum Gasteiger partial charge on any atom is -0.338 e. The number of carbonyl (C=O) groups is 1. The number of hydrogen-bond donors (Lipinski definition) is 2. The van der Waals surface area contributed by atoms with Crippen LogP contribution in [0.4, 0.5) is 16.2 Å². The van der Waals surface area contributed by atoms with E-state index in [9.17, 15) is 13.2 Å². The number of sulfonamides is 1. The van der Waals surface area contributed by atoms with Crippen molar-refractivity contribution in [1.82, 2.24) is 5.32 Å². The van der Waals surface area contributed by atoms with Gasteiger partial charge in [0.1, 0.15) is 0 Å². The number of aryl methyl sites for hydroxylation is 2. The highest BCUT2D eigenvalue weighted by atomic mass is 32.2. The number of benzene rings is 2. The smallest absolute Gasteiger partial charge is 0.321 e. The molecule has 0 unspecified atom stereocenters. The van der Waals surface area contributed by atoms with E-state index in [0.717, 1.165) is 36.9 Å². The maximum Gasteiger partial charge on any atom is 0.321 e. The Balaban J connectivity index is 1.52. The summed E-state index contributed by atoms with van der Waals surface area (Å²) in [5, 5.41) is 2.80. The van der Waals surface area contributed by atoms with Crippen LogP contribution in [0.15, 0.2) is 47.4 Å². The molecule has 2 aliphatic rings. The Bertz CT molecular complexity index is 939. The second kappa shape index (κ2) is 6.64. The molecule has 4 rings (SSSR count). The Morgan fingerprint density at radius 1 is 0.962 bits per heavy atom. The third-order valence-corrected chi connectivity index (χ3v) is 6.27. The Labute approximate surface area is 153 Å². The number of nitrogens with zero attached hydrogens (tertiary/aromatic N) is 1. The second-order valence-electron chi connectivity index (χ2n) is 6.67. The van der Waals surface area contributed by atoms with Crippen molar-refractivity contribution in [2.45, 2.75) is 30.6 Å². The van der Waals surface area contributed by atoms with Gasteiger partial charge in [-0.05, 0) is 73.2 Å². The predicted molar refractivity (Wildman–Crippen MR) is 101 cm³/mol. The molecule has 2 N–H and O–H groups in total. The summed E-state index contributed by atoms with van der Waals surface area (Å²) in [7, 11) is -3.63. The van der Waals surface area contributed by atoms with Gasteiger partial charge in [0.25, 0.3) is 10.0 Å². The zero-order chi connectivity index (χ0) is 18.1. The lowest BCUT2D eigenvalue weighted by Crippen LogP contribution is -2.46. The first-order valence-electron chi connectivity index (χ1n) is 8.83. The summed E-state index contributed by atoms with van der Waals surface area (Å²) in [6.45, 7) is 1.35. The number of carbonyl (C=O) groups excluding carboxylic acids is 1. The normalized spacial score (nSPS) is 16.9. The molecule has 136 valence electrons. The number of anilines is 2. The first-order chi connectivity index (χ1) is 12.5. The Morgan fingerprint density at radius 2 is 1.73 bits per heavy atom. The third-order valence-electron chi connectivity index (χ3n) is 4.89. The van der Waals surface area contributed by atoms with Crippen LogP contribution < -0.4 is 14.9 Å². The third kappa shape index (κ3) is 3.26. The molecule has 0 bridgehead atoms. The van der Waals surface area contributed by atoms with E-state index in [1.165, 1.54) is 5.56 Å². The van der Waals surface area contributed by atoms with Gasteiger partial charge in [0, 0.05) is 24.5 Å². The molecule has 7 heteroatoms. The summed E-state index contributed by atoms with van der Waals surface area (Å²) in [6.07, 6.45) is 3.93. The van der Waals surface area contributed by atoms with Gasteiger partial charge >= 0.3 is 6.03 Å². The largest absolute Gasteiger partial charge is 0.338 e. The van der Waals surface area contributed by atoms with Crippen LogP contribution in [0.2, 0.25) is 0 Å². The lowest BCUT2D eigenvalue weighted by molar-refractivity contribution is 0.243. The molecule has 1 saturated heterocycles. The van der Waals surface area contributed by atoms with Crippen molar-refractivity contribution in [2.75, 3.05) is 22.7 Å². The highest BCUT2D eigenvalue weighted by Gasteiger charge is 2.20. The Kier molecular flexibility index (Phi) is 4.32. The van der Waals surface area contributed by atoms with Gasteiger partial charge in [0.05, 0.1) is 4.90 Å². The maximum absolute atomic E-state index is 12.7. The van der Waals surface area contributed by atoms with Gasteiger partial charge in [-0.25, -0.2) is 13.2 Å². The standard InChI is InChI=1S/C19H21N3O3S/c23-19-20-11-2-12-22(19)17-8-6-16(7-9-17)21-26(24,25)18-10-5-14-3-1-4-15(14)13-18/h5-10,13,21H,1-4,11-12H2,(H,20,23). The monoisotopic (exact) mass is 371 g/mol. The molecule has 6 nitrogen and oxygen atoms in total. The van der Waals surface area contributed by atoms with Crippen LogP contribution in [0.25, 0.3) is 0 Å². The molecule has 1 heterocycles. The van der Waals surface area contributed by atoms with Gasteiger partial charge < -0.3 is 5.32 Å². The van der Waals surface area contributed by atoms with Crippen LogP contribution in [-0.2, 0) is 22.9 Å². The molecule has 26 heavy (non-hydrogen) atoms. The number of hydrogen-bond acceptors (Lipinski definition) is 3. The van der Waals surface area contributed by atoms with Crippen molar-refractivity contribution >= 4 is 27.4 Å². The van der Waals surface area contributed by atoms with Crippen LogP contribution >= 0.6 is 0 Å². The van der Waals surface area contributed by atoms with Gasteiger partial charge in [0.15, 0.2) is 0 Å². The van der Waals surface area contributed by atoms with E-state index in [2.05, 4.69) is 10.0 Å². The Hall–Kier alpha value is -2.54. The molecule has 0 atom stereocenters. The van der Waals surface area contributed by atoms with Crippen molar-refractivity contribution in [1.29, 1.82) is 0 Å². The van der Waals surface area contributed by atoms with Crippen LogP contribution in [-0.4, -0.2) is 27.5 Å². The highest BCUT2D eigenvalue weighted by Crippen LogP contribution is 2.26. The van der Waals surface area contributed by atoms with Crippen molar-refractivity contribution in [3.8, 4) is 0 Å². The molecular weight excluding hydrogens is 350 g/mol. The topological polar surface area (TPSA) is 78.5 Å². The number of nitrogens with one attached hydrogen (secondary N) is 2. The number of fused-ring (bicyclic) bond motifs is 1. The molecule has 1 aliphatic heterocycles. The Morgan fingerprint density at radius 3 is 2.50 bits per heavy atom. The van der Waals surface area contributed by atoms with E-state index < -0.39 is 10.0 Å². The van der Waals surface area contributed by atoms with E-state index in [4.69, 9.17) is 0 Å². The lowest BCUT2D eigenvalue weighted by atomic mass is 10.1. The first-order valence-corrected chi connectivity index (χ1v) is 10.3. The molecule has 2 amide bonds. The summed E-state index contributed by atoms with van der Waals surface area (Å²) in [6, 6.07) is 12.1. The van der Waals surface area contributed by atoms with Crippen molar-refractivity contribution in [3.05, 3.63) is 53.6 Å². The van der Waals surface area contributed by atoms with E-state index in [0.29, 0.717) is 18.8 Å². The zero-order valence-electron chi connectivity index (χ0n) is 14.4. The summed E-state index contributed by atoms with van der Waals surface area (Å²) in [5.74, 6) is 0. The minimum absolute atomic E-state index is 0.122. The molecule has 1 fully saturated rings. The molecule has 2 aromatic rings. The molecule has 0 aromatic heterocycles. The van der Waals surface area contributed by atoms with E-state index in [-0.39, 0.29) is 10.9 Å². The average Bonchev–Trinajstić information content (AvgIpc) is 3.10. The predicted octanol–water partition coefficient (Wildman–Crippen LogP) is 2.90. The van der Waals surface area contributed by atoms with E-state index in [1.54, 1.807) is 41.3 Å². The van der Waals surface area contributed by atoms with Crippen LogP contribution in [0.5, 0.6) is 0 Å². The van der Waals surface area contributed by atoms with Gasteiger partial charge in [-0.3, -0.25) is 9.62 Å². The number of amides is 2. The van der Waals surface area contributed by atoms with Gasteiger partial charge in [-0.1, -0.05) is 6.07 Å². The molecule has 0 radical (unpaired) electrons. The van der Waals surface area contributed by atoms with Gasteiger partial charge in [0.2, 0.25) is 0 Å². The van der Waals surface area contributed by atoms with Crippen molar-refractivity contribution in [3.63, 3.8) is 0 Å². The fourth-order valence-corrected chi connectivity index (χ4v) is 4.62. The maximum atomic E-state index is 12.7. The molecular formula is C19H21N3O3S. The summed E-state index contributed by atoms with van der Waals surface area (Å²) >= 11 is 0. The molecule has 0 spiro atoms. The fourth-order valence-electron chi connectivity index (χ4n) is 3.51. The summed E-state index contributed by atoms with van der Waals surface area (Å²) in [5.41, 5.74) is 3.60. The van der Waals surface area contributed by atoms with Crippen LogP contribution in [0, 0.1) is 0 Å². The summed E-state index contributed by atoms with van der Waals surface area (Å²) < 4.78 is 27.9. The van der Waals surface area contributed by atoms with Crippen molar-refractivity contribution in [2.24, 2.45) is 0 Å². The number of rotatable bonds is 4. The lowest BCUT2D eigenvalue weighted by Gasteiger charge is -2.27. The first kappa shape index (κ1) is 16.9. The van der Waals surface area contributed by atoms with E-state index >= 15 is 0 Å². The quantitative estimate of drug-likeness (QED) is 0.867. The minimum atomic E-state index is -3.63. The second-order valence-corrected chi connectivity index (χ2v) is 8.36.